The second kappa shape index (κ2) is 9.38. The zero-order valence-electron chi connectivity index (χ0n) is 18.9. The van der Waals surface area contributed by atoms with Crippen LogP contribution in [-0.4, -0.2) is 46.0 Å². The summed E-state index contributed by atoms with van der Waals surface area (Å²) < 4.78 is 6.72. The van der Waals surface area contributed by atoms with E-state index < -0.39 is 17.6 Å². The molecule has 0 saturated heterocycles. The van der Waals surface area contributed by atoms with Crippen LogP contribution in [0, 0.1) is 0 Å². The quantitative estimate of drug-likeness (QED) is 0.470. The van der Waals surface area contributed by atoms with Crippen LogP contribution in [0.3, 0.4) is 0 Å². The fourth-order valence-corrected chi connectivity index (χ4v) is 3.94. The maximum atomic E-state index is 12.2. The first-order valence-corrected chi connectivity index (χ1v) is 10.9. The first-order chi connectivity index (χ1) is 16.3. The number of carbonyl (C=O) groups is 3. The fourth-order valence-electron chi connectivity index (χ4n) is 3.94. The zero-order chi connectivity index (χ0) is 24.3. The third kappa shape index (κ3) is 4.63. The lowest BCUT2D eigenvalue weighted by atomic mass is 9.98. The van der Waals surface area contributed by atoms with Gasteiger partial charge in [0.15, 0.2) is 5.54 Å². The van der Waals surface area contributed by atoms with Gasteiger partial charge in [-0.3, -0.25) is 9.48 Å². The van der Waals surface area contributed by atoms with Gasteiger partial charge in [-0.15, -0.1) is 0 Å². The molecule has 1 heterocycles. The van der Waals surface area contributed by atoms with Gasteiger partial charge in [-0.05, 0) is 36.1 Å². The summed E-state index contributed by atoms with van der Waals surface area (Å²) in [5.74, 6) is -1.42. The molecule has 0 spiro atoms. The number of anilines is 1. The van der Waals surface area contributed by atoms with Crippen molar-refractivity contribution in [3.63, 3.8) is 0 Å². The summed E-state index contributed by atoms with van der Waals surface area (Å²) in [5, 5.41) is 18.5. The van der Waals surface area contributed by atoms with Crippen molar-refractivity contribution in [2.45, 2.75) is 31.7 Å². The van der Waals surface area contributed by atoms with Crippen molar-refractivity contribution in [3.8, 4) is 11.1 Å². The van der Waals surface area contributed by atoms with E-state index in [1.165, 1.54) is 30.9 Å². The number of carboxylic acids is 1. The Morgan fingerprint density at radius 2 is 1.68 bits per heavy atom. The molecular formula is C25H26N4O5. The van der Waals surface area contributed by atoms with Gasteiger partial charge in [-0.2, -0.15) is 5.10 Å². The zero-order valence-corrected chi connectivity index (χ0v) is 18.9. The molecule has 0 fully saturated rings. The van der Waals surface area contributed by atoms with Crippen LogP contribution < -0.4 is 10.6 Å². The Kier molecular flexibility index (Phi) is 6.36. The van der Waals surface area contributed by atoms with Crippen molar-refractivity contribution in [2.75, 3.05) is 18.5 Å². The molecule has 2 amide bonds. The fraction of sp³-hybridized carbons (Fsp3) is 0.280. The van der Waals surface area contributed by atoms with Crippen molar-refractivity contribution < 1.29 is 24.2 Å². The number of fused-ring (bicyclic) bond motifs is 3. The van der Waals surface area contributed by atoms with Crippen LogP contribution in [0.4, 0.5) is 10.5 Å². The Morgan fingerprint density at radius 3 is 2.29 bits per heavy atom. The van der Waals surface area contributed by atoms with Crippen LogP contribution in [0.15, 0.2) is 60.9 Å². The minimum absolute atomic E-state index is 0.0255. The van der Waals surface area contributed by atoms with E-state index in [4.69, 9.17) is 4.74 Å². The largest absolute Gasteiger partial charge is 0.479 e. The number of hydrogen-bond donors (Lipinski definition) is 3. The van der Waals surface area contributed by atoms with Gasteiger partial charge in [0, 0.05) is 25.1 Å². The van der Waals surface area contributed by atoms with Gasteiger partial charge >= 0.3 is 12.1 Å². The monoisotopic (exact) mass is 462 g/mol. The number of ether oxygens (including phenoxy) is 1. The van der Waals surface area contributed by atoms with E-state index in [9.17, 15) is 19.5 Å². The number of carboxylic acid groups (broad SMARTS) is 1. The molecule has 0 radical (unpaired) electrons. The van der Waals surface area contributed by atoms with Crippen LogP contribution in [-0.2, 0) is 19.9 Å². The SMILES string of the molecule is CC(C)(C(=O)O)n1cc(NC(=O)CCNC(=O)OCC2c3ccccc3-c3ccccc32)cn1. The molecule has 0 saturated carbocycles. The van der Waals surface area contributed by atoms with Crippen molar-refractivity contribution >= 4 is 23.7 Å². The first kappa shape index (κ1) is 23.0. The predicted molar refractivity (Wildman–Crippen MR) is 126 cm³/mol. The molecule has 1 aliphatic rings. The molecule has 0 bridgehead atoms. The number of nitrogens with one attached hydrogen (secondary N) is 2. The molecule has 0 unspecified atom stereocenters. The summed E-state index contributed by atoms with van der Waals surface area (Å²) in [5.41, 5.74) is 3.69. The van der Waals surface area contributed by atoms with E-state index >= 15 is 0 Å². The number of rotatable bonds is 8. The molecule has 0 atom stereocenters. The Labute approximate surface area is 196 Å². The van der Waals surface area contributed by atoms with Gasteiger partial charge in [-0.1, -0.05) is 48.5 Å². The number of aromatic nitrogens is 2. The summed E-state index contributed by atoms with van der Waals surface area (Å²) in [6.07, 6.45) is 2.26. The van der Waals surface area contributed by atoms with Gasteiger partial charge < -0.3 is 20.5 Å². The number of hydrogen-bond acceptors (Lipinski definition) is 5. The lowest BCUT2D eigenvalue weighted by Crippen LogP contribution is -2.35. The molecule has 0 aliphatic heterocycles. The molecule has 1 aromatic heterocycles. The number of benzene rings is 2. The lowest BCUT2D eigenvalue weighted by Gasteiger charge is -2.19. The Morgan fingerprint density at radius 1 is 1.06 bits per heavy atom. The van der Waals surface area contributed by atoms with E-state index in [1.807, 2.05) is 36.4 Å². The van der Waals surface area contributed by atoms with Crippen LogP contribution in [0.25, 0.3) is 11.1 Å². The van der Waals surface area contributed by atoms with Crippen molar-refractivity contribution in [1.82, 2.24) is 15.1 Å². The van der Waals surface area contributed by atoms with E-state index in [2.05, 4.69) is 27.9 Å². The second-order valence-electron chi connectivity index (χ2n) is 8.59. The predicted octanol–water partition coefficient (Wildman–Crippen LogP) is 3.57. The van der Waals surface area contributed by atoms with Crippen LogP contribution in [0.1, 0.15) is 37.3 Å². The molecule has 176 valence electrons. The Hall–Kier alpha value is -4.14. The maximum absolute atomic E-state index is 12.2. The van der Waals surface area contributed by atoms with Crippen molar-refractivity contribution in [1.29, 1.82) is 0 Å². The molecule has 3 N–H and O–H groups in total. The van der Waals surface area contributed by atoms with Crippen LogP contribution in [0.2, 0.25) is 0 Å². The Bertz CT molecular complexity index is 1190. The summed E-state index contributed by atoms with van der Waals surface area (Å²) in [7, 11) is 0. The number of aliphatic carboxylic acids is 1. The van der Waals surface area contributed by atoms with E-state index in [0.29, 0.717) is 5.69 Å². The third-order valence-electron chi connectivity index (χ3n) is 5.93. The van der Waals surface area contributed by atoms with E-state index in [0.717, 1.165) is 22.3 Å². The lowest BCUT2D eigenvalue weighted by molar-refractivity contribution is -0.146. The molecular weight excluding hydrogens is 436 g/mol. The average Bonchev–Trinajstić information content (AvgIpc) is 3.41. The maximum Gasteiger partial charge on any atom is 0.407 e. The van der Waals surface area contributed by atoms with Gasteiger partial charge in [-0.25, -0.2) is 9.59 Å². The van der Waals surface area contributed by atoms with Gasteiger partial charge in [0.2, 0.25) is 5.91 Å². The molecule has 2 aromatic carbocycles. The van der Waals surface area contributed by atoms with Gasteiger partial charge in [0.1, 0.15) is 6.61 Å². The van der Waals surface area contributed by atoms with Crippen LogP contribution in [0.5, 0.6) is 0 Å². The minimum atomic E-state index is -1.24. The van der Waals surface area contributed by atoms with Crippen molar-refractivity contribution in [2.24, 2.45) is 0 Å². The highest BCUT2D eigenvalue weighted by Gasteiger charge is 2.30. The summed E-state index contributed by atoms with van der Waals surface area (Å²) >= 11 is 0. The number of alkyl carbamates (subject to hydrolysis) is 1. The smallest absolute Gasteiger partial charge is 0.407 e. The highest BCUT2D eigenvalue weighted by Crippen LogP contribution is 2.44. The molecule has 1 aliphatic carbocycles. The summed E-state index contributed by atoms with van der Waals surface area (Å²) in [6.45, 7) is 3.31. The second-order valence-corrected chi connectivity index (χ2v) is 8.59. The average molecular weight is 463 g/mol. The standard InChI is InChI=1S/C25H26N4O5/c1-25(2,23(31)32)29-14-16(13-27-29)28-22(30)11-12-26-24(33)34-15-21-19-9-5-3-7-17(19)18-8-4-6-10-20(18)21/h3-10,13-14,21H,11-12,15H2,1-2H3,(H,26,33)(H,28,30)(H,31,32). The highest BCUT2D eigenvalue weighted by molar-refractivity contribution is 5.90. The minimum Gasteiger partial charge on any atom is -0.479 e. The number of nitrogens with zero attached hydrogens (tertiary/aromatic N) is 2. The third-order valence-corrected chi connectivity index (χ3v) is 5.93. The molecule has 3 aromatic rings. The van der Waals surface area contributed by atoms with E-state index in [1.54, 1.807) is 0 Å². The topological polar surface area (TPSA) is 123 Å². The normalized spacial score (nSPS) is 12.5. The highest BCUT2D eigenvalue weighted by atomic mass is 16.5. The van der Waals surface area contributed by atoms with Crippen molar-refractivity contribution in [3.05, 3.63) is 72.1 Å². The Balaban J connectivity index is 1.24. The number of amides is 2. The van der Waals surface area contributed by atoms with E-state index in [-0.39, 0.29) is 31.4 Å². The summed E-state index contributed by atoms with van der Waals surface area (Å²) in [4.78, 5) is 35.7. The molecule has 9 heteroatoms. The molecule has 34 heavy (non-hydrogen) atoms. The summed E-state index contributed by atoms with van der Waals surface area (Å²) in [6, 6.07) is 16.2. The van der Waals surface area contributed by atoms with Gasteiger partial charge in [0.25, 0.3) is 0 Å². The number of carbonyl (C=O) groups excluding carboxylic acids is 2. The van der Waals surface area contributed by atoms with Crippen LogP contribution >= 0.6 is 0 Å². The molecule has 9 nitrogen and oxygen atoms in total. The molecule has 4 rings (SSSR count). The van der Waals surface area contributed by atoms with Gasteiger partial charge in [0.05, 0.1) is 11.9 Å². The first-order valence-electron chi connectivity index (χ1n) is 10.9.